The third-order valence-electron chi connectivity index (χ3n) is 5.57. The molecule has 138 valence electrons. The van der Waals surface area contributed by atoms with Gasteiger partial charge in [-0.05, 0) is 48.9 Å². The van der Waals surface area contributed by atoms with Crippen molar-refractivity contribution in [3.63, 3.8) is 0 Å². The molecule has 1 aromatic rings. The minimum Gasteiger partial charge on any atom is -0.497 e. The highest BCUT2D eigenvalue weighted by Gasteiger charge is 2.39. The number of hydrogen-bond donors (Lipinski definition) is 0. The molecule has 2 saturated heterocycles. The minimum absolute atomic E-state index is 0.0603. The fraction of sp³-hybridized carbons (Fsp3) is 0.650. The van der Waals surface area contributed by atoms with Crippen LogP contribution in [0.1, 0.15) is 37.3 Å². The quantitative estimate of drug-likeness (QED) is 0.794. The van der Waals surface area contributed by atoms with E-state index in [4.69, 9.17) is 9.47 Å². The van der Waals surface area contributed by atoms with Gasteiger partial charge < -0.3 is 14.4 Å². The van der Waals surface area contributed by atoms with E-state index in [-0.39, 0.29) is 18.1 Å². The van der Waals surface area contributed by atoms with Gasteiger partial charge >= 0.3 is 0 Å². The smallest absolute Gasteiger partial charge is 0.240 e. The molecular weight excluding hydrogens is 316 g/mol. The molecule has 3 rings (SSSR count). The van der Waals surface area contributed by atoms with Crippen LogP contribution in [0.25, 0.3) is 0 Å². The van der Waals surface area contributed by atoms with Crippen molar-refractivity contribution in [3.8, 4) is 5.75 Å². The molecule has 0 radical (unpaired) electrons. The Hall–Kier alpha value is -1.59. The molecule has 1 aromatic carbocycles. The molecule has 5 nitrogen and oxygen atoms in total. The molecule has 1 amide bonds. The second kappa shape index (κ2) is 8.19. The lowest BCUT2D eigenvalue weighted by Gasteiger charge is -2.28. The maximum absolute atomic E-state index is 13.0. The molecule has 2 aliphatic rings. The third-order valence-corrected chi connectivity index (χ3v) is 5.57. The van der Waals surface area contributed by atoms with Crippen LogP contribution in [-0.4, -0.2) is 61.7 Å². The summed E-state index contributed by atoms with van der Waals surface area (Å²) in [5, 5.41) is 0. The summed E-state index contributed by atoms with van der Waals surface area (Å²) in [7, 11) is 3.44. The maximum atomic E-state index is 13.0. The number of methoxy groups -OCH3 is 2. The molecule has 0 saturated carbocycles. The van der Waals surface area contributed by atoms with Crippen molar-refractivity contribution < 1.29 is 14.3 Å². The average Bonchev–Trinajstić information content (AvgIpc) is 3.31. The molecule has 0 aromatic heterocycles. The summed E-state index contributed by atoms with van der Waals surface area (Å²) >= 11 is 0. The van der Waals surface area contributed by atoms with Gasteiger partial charge in [0, 0.05) is 33.3 Å². The number of carbonyl (C=O) groups is 1. The second-order valence-corrected chi connectivity index (χ2v) is 7.06. The van der Waals surface area contributed by atoms with Crippen LogP contribution >= 0.6 is 0 Å². The van der Waals surface area contributed by atoms with Gasteiger partial charge in [0.2, 0.25) is 5.91 Å². The molecule has 2 aliphatic heterocycles. The topological polar surface area (TPSA) is 42.0 Å². The lowest BCUT2D eigenvalue weighted by Crippen LogP contribution is -2.44. The molecule has 0 unspecified atom stereocenters. The van der Waals surface area contributed by atoms with Gasteiger partial charge in [-0.25, -0.2) is 0 Å². The normalized spacial score (nSPS) is 24.0. The van der Waals surface area contributed by atoms with Crippen LogP contribution in [0.5, 0.6) is 5.75 Å². The van der Waals surface area contributed by atoms with Crippen molar-refractivity contribution in [2.45, 2.75) is 51.3 Å². The van der Waals surface area contributed by atoms with Crippen LogP contribution in [0.15, 0.2) is 18.2 Å². The Morgan fingerprint density at radius 1 is 1.20 bits per heavy atom. The van der Waals surface area contributed by atoms with Crippen LogP contribution in [-0.2, 0) is 22.5 Å². The second-order valence-electron chi connectivity index (χ2n) is 7.06. The van der Waals surface area contributed by atoms with E-state index < -0.39 is 0 Å². The number of likely N-dealkylation sites (tertiary alicyclic amines) is 2. The molecule has 25 heavy (non-hydrogen) atoms. The average molecular weight is 346 g/mol. The predicted octanol–water partition coefficient (Wildman–Crippen LogP) is 2.47. The van der Waals surface area contributed by atoms with E-state index in [0.717, 1.165) is 57.6 Å². The summed E-state index contributed by atoms with van der Waals surface area (Å²) in [4.78, 5) is 17.3. The largest absolute Gasteiger partial charge is 0.497 e. The fourth-order valence-electron chi connectivity index (χ4n) is 4.04. The van der Waals surface area contributed by atoms with Crippen molar-refractivity contribution in [2.24, 2.45) is 0 Å². The van der Waals surface area contributed by atoms with Gasteiger partial charge in [-0.15, -0.1) is 0 Å². The van der Waals surface area contributed by atoms with Crippen LogP contribution in [0.3, 0.4) is 0 Å². The van der Waals surface area contributed by atoms with Crippen molar-refractivity contribution >= 4 is 5.91 Å². The summed E-state index contributed by atoms with van der Waals surface area (Å²) in [6, 6.07) is 6.19. The number of carbonyl (C=O) groups excluding carboxylic acids is 1. The van der Waals surface area contributed by atoms with E-state index in [1.54, 1.807) is 14.2 Å². The first kappa shape index (κ1) is 18.2. The van der Waals surface area contributed by atoms with Crippen molar-refractivity contribution in [1.82, 2.24) is 9.80 Å². The Bertz CT molecular complexity index is 599. The van der Waals surface area contributed by atoms with E-state index in [9.17, 15) is 4.79 Å². The Labute approximate surface area is 150 Å². The molecule has 5 heteroatoms. The summed E-state index contributed by atoms with van der Waals surface area (Å²) in [6.45, 7) is 5.58. The third kappa shape index (κ3) is 3.98. The van der Waals surface area contributed by atoms with Gasteiger partial charge in [-0.3, -0.25) is 9.69 Å². The summed E-state index contributed by atoms with van der Waals surface area (Å²) in [5.74, 6) is 1.17. The summed E-state index contributed by atoms with van der Waals surface area (Å²) < 4.78 is 10.9. The number of hydrogen-bond acceptors (Lipinski definition) is 4. The Morgan fingerprint density at radius 3 is 2.60 bits per heavy atom. The number of benzene rings is 1. The van der Waals surface area contributed by atoms with Crippen LogP contribution in [0.2, 0.25) is 0 Å². The van der Waals surface area contributed by atoms with Gasteiger partial charge in [0.15, 0.2) is 0 Å². The van der Waals surface area contributed by atoms with Gasteiger partial charge in [0.25, 0.3) is 0 Å². The number of rotatable bonds is 6. The first-order chi connectivity index (χ1) is 12.2. The Kier molecular flexibility index (Phi) is 5.97. The standard InChI is InChI=1S/C20H30N2O3/c1-4-15-11-17(24-2)8-7-16(15)13-22-14-18(25-3)12-19(22)20(23)21-9-5-6-10-21/h7-8,11,18-19H,4-6,9-10,12-14H2,1-3H3/t18-,19-/m0/s1. The van der Waals surface area contributed by atoms with E-state index in [1.807, 2.05) is 11.0 Å². The highest BCUT2D eigenvalue weighted by Crippen LogP contribution is 2.27. The van der Waals surface area contributed by atoms with Gasteiger partial charge in [-0.2, -0.15) is 0 Å². The molecule has 0 aliphatic carbocycles. The Balaban J connectivity index is 1.77. The number of amides is 1. The lowest BCUT2D eigenvalue weighted by molar-refractivity contribution is -0.135. The van der Waals surface area contributed by atoms with E-state index in [1.165, 1.54) is 11.1 Å². The van der Waals surface area contributed by atoms with Crippen molar-refractivity contribution in [1.29, 1.82) is 0 Å². The van der Waals surface area contributed by atoms with Crippen LogP contribution in [0.4, 0.5) is 0 Å². The van der Waals surface area contributed by atoms with Crippen molar-refractivity contribution in [3.05, 3.63) is 29.3 Å². The van der Waals surface area contributed by atoms with Crippen LogP contribution in [0, 0.1) is 0 Å². The highest BCUT2D eigenvalue weighted by atomic mass is 16.5. The molecule has 0 bridgehead atoms. The Morgan fingerprint density at radius 2 is 1.96 bits per heavy atom. The van der Waals surface area contributed by atoms with Gasteiger partial charge in [-0.1, -0.05) is 13.0 Å². The van der Waals surface area contributed by atoms with Gasteiger partial charge in [0.05, 0.1) is 19.3 Å². The summed E-state index contributed by atoms with van der Waals surface area (Å²) in [6.07, 6.45) is 4.15. The maximum Gasteiger partial charge on any atom is 0.240 e. The summed E-state index contributed by atoms with van der Waals surface area (Å²) in [5.41, 5.74) is 2.56. The number of ether oxygens (including phenoxy) is 2. The van der Waals surface area contributed by atoms with Gasteiger partial charge in [0.1, 0.15) is 5.75 Å². The zero-order chi connectivity index (χ0) is 17.8. The first-order valence-corrected chi connectivity index (χ1v) is 9.37. The zero-order valence-corrected chi connectivity index (χ0v) is 15.7. The number of nitrogens with zero attached hydrogens (tertiary/aromatic N) is 2. The molecule has 0 spiro atoms. The SMILES string of the molecule is CCc1cc(OC)ccc1CN1C[C@@H](OC)C[C@H]1C(=O)N1CCCC1. The number of aryl methyl sites for hydroxylation is 1. The monoisotopic (exact) mass is 346 g/mol. The fourth-order valence-corrected chi connectivity index (χ4v) is 4.04. The first-order valence-electron chi connectivity index (χ1n) is 9.37. The predicted molar refractivity (Wildman–Crippen MR) is 97.8 cm³/mol. The highest BCUT2D eigenvalue weighted by molar-refractivity contribution is 5.82. The molecule has 2 heterocycles. The minimum atomic E-state index is -0.0603. The lowest BCUT2D eigenvalue weighted by atomic mass is 10.0. The molecule has 2 fully saturated rings. The van der Waals surface area contributed by atoms with E-state index in [0.29, 0.717) is 0 Å². The zero-order valence-electron chi connectivity index (χ0n) is 15.7. The van der Waals surface area contributed by atoms with E-state index >= 15 is 0 Å². The van der Waals surface area contributed by atoms with E-state index in [2.05, 4.69) is 24.0 Å². The molecule has 2 atom stereocenters. The molecule has 0 N–H and O–H groups in total. The van der Waals surface area contributed by atoms with Crippen molar-refractivity contribution in [2.75, 3.05) is 33.9 Å². The molecular formula is C20H30N2O3. The van der Waals surface area contributed by atoms with Crippen LogP contribution < -0.4 is 4.74 Å².